The summed E-state index contributed by atoms with van der Waals surface area (Å²) in [6.07, 6.45) is 8.21. The molecule has 2 fully saturated rings. The maximum atomic E-state index is 13.6. The van der Waals surface area contributed by atoms with Gasteiger partial charge in [-0.3, -0.25) is 9.59 Å². The lowest BCUT2D eigenvalue weighted by atomic mass is 10.0. The van der Waals surface area contributed by atoms with Gasteiger partial charge in [0.1, 0.15) is 40.1 Å². The molecule has 6 N–H and O–H groups in total. The molecule has 0 radical (unpaired) electrons. The average Bonchev–Trinajstić information content (AvgIpc) is 3.94. The zero-order chi connectivity index (χ0) is 42.2. The van der Waals surface area contributed by atoms with Crippen LogP contribution in [-0.4, -0.2) is 92.8 Å². The normalized spacial score (nSPS) is 16.1. The van der Waals surface area contributed by atoms with Crippen molar-refractivity contribution < 1.29 is 24.2 Å². The molecule has 0 spiro atoms. The lowest BCUT2D eigenvalue weighted by Gasteiger charge is -2.28. The number of halogens is 2. The Balaban J connectivity index is 1.19. The van der Waals surface area contributed by atoms with Crippen molar-refractivity contribution in [2.75, 3.05) is 54.3 Å². The predicted octanol–water partition coefficient (Wildman–Crippen LogP) is 4.81. The highest BCUT2D eigenvalue weighted by Gasteiger charge is 2.33. The molecule has 2 saturated heterocycles. The number of primary amides is 1. The van der Waals surface area contributed by atoms with Crippen LogP contribution in [0.1, 0.15) is 69.0 Å². The smallest absolute Gasteiger partial charge is 0.256 e. The Kier molecular flexibility index (Phi) is 13.6. The molecule has 2 amide bonds. The molecule has 7 rings (SSSR count). The second-order valence-electron chi connectivity index (χ2n) is 14.3. The van der Waals surface area contributed by atoms with Crippen LogP contribution in [0.25, 0.3) is 0 Å². The summed E-state index contributed by atoms with van der Waals surface area (Å²) in [5.74, 6) is 1.80. The number of rotatable bonds is 17. The first-order chi connectivity index (χ1) is 29.1. The number of aliphatic hydroxyl groups is 1. The number of methoxy groups -OCH3 is 2. The van der Waals surface area contributed by atoms with Gasteiger partial charge in [0.25, 0.3) is 11.8 Å². The third kappa shape index (κ3) is 9.70. The fourth-order valence-corrected chi connectivity index (χ4v) is 8.04. The van der Waals surface area contributed by atoms with E-state index in [0.717, 1.165) is 36.8 Å². The quantitative estimate of drug-likeness (QED) is 0.0848. The third-order valence-electron chi connectivity index (χ3n) is 10.5. The zero-order valence-electron chi connectivity index (χ0n) is 33.2. The minimum Gasteiger partial charge on any atom is -0.495 e. The van der Waals surface area contributed by atoms with E-state index in [1.165, 1.54) is 6.20 Å². The number of anilines is 4. The molecule has 314 valence electrons. The van der Waals surface area contributed by atoms with Crippen molar-refractivity contribution in [3.63, 3.8) is 0 Å². The largest absolute Gasteiger partial charge is 0.495 e. The number of carbonyl (C=O) groups excluding carboxylic acids is 2. The number of benzene rings is 2. The molecule has 5 heterocycles. The van der Waals surface area contributed by atoms with E-state index in [0.29, 0.717) is 76.8 Å². The second kappa shape index (κ2) is 19.4. The number of ether oxygens (including phenoxy) is 2. The summed E-state index contributed by atoms with van der Waals surface area (Å²) in [5.41, 5.74) is 8.61. The number of amides is 2. The van der Waals surface area contributed by atoms with Crippen LogP contribution in [0.2, 0.25) is 10.0 Å². The van der Waals surface area contributed by atoms with E-state index < -0.39 is 11.8 Å². The Morgan fingerprint density at radius 1 is 0.817 bits per heavy atom. The molecule has 0 aliphatic carbocycles. The van der Waals surface area contributed by atoms with Crippen LogP contribution in [0.5, 0.6) is 11.5 Å². The van der Waals surface area contributed by atoms with Crippen LogP contribution in [0.3, 0.4) is 0 Å². The van der Waals surface area contributed by atoms with Gasteiger partial charge in [-0.25, -0.2) is 19.9 Å². The van der Waals surface area contributed by atoms with Crippen LogP contribution in [0, 0.1) is 0 Å². The maximum absolute atomic E-state index is 13.6. The van der Waals surface area contributed by atoms with E-state index >= 15 is 0 Å². The van der Waals surface area contributed by atoms with E-state index in [4.69, 9.17) is 58.3 Å². The number of carbonyl (C=O) groups is 2. The number of hydrogen-bond acceptors (Lipinski definition) is 15. The molecule has 19 heteroatoms. The topological polar surface area (TPSA) is 219 Å². The van der Waals surface area contributed by atoms with Crippen LogP contribution < -0.4 is 41.0 Å². The number of aliphatic hydroxyl groups excluding tert-OH is 1. The lowest BCUT2D eigenvalue weighted by Crippen LogP contribution is -2.36. The van der Waals surface area contributed by atoms with Gasteiger partial charge >= 0.3 is 0 Å². The molecule has 5 aromatic rings. The summed E-state index contributed by atoms with van der Waals surface area (Å²) in [4.78, 5) is 58.7. The molecule has 2 atom stereocenters. The van der Waals surface area contributed by atoms with Gasteiger partial charge < -0.3 is 46.1 Å². The molecule has 60 heavy (non-hydrogen) atoms. The highest BCUT2D eigenvalue weighted by atomic mass is 35.5. The van der Waals surface area contributed by atoms with Gasteiger partial charge in [-0.2, -0.15) is 9.97 Å². The van der Waals surface area contributed by atoms with Crippen molar-refractivity contribution in [3.05, 3.63) is 105 Å². The molecule has 2 unspecified atom stereocenters. The number of nitrogens with two attached hydrogens (primary N) is 1. The van der Waals surface area contributed by atoms with E-state index in [-0.39, 0.29) is 48.7 Å². The number of hydrogen-bond donors (Lipinski definition) is 5. The summed E-state index contributed by atoms with van der Waals surface area (Å²) in [7, 11) is 3.10. The first kappa shape index (κ1) is 42.1. The van der Waals surface area contributed by atoms with Gasteiger partial charge in [-0.1, -0.05) is 35.3 Å². The molecule has 2 aliphatic rings. The Hall–Kier alpha value is -6.04. The van der Waals surface area contributed by atoms with Gasteiger partial charge in [0.15, 0.2) is 0 Å². The van der Waals surface area contributed by atoms with E-state index in [1.54, 1.807) is 56.9 Å². The molecule has 2 aromatic carbocycles. The number of nitrogens with one attached hydrogen (secondary N) is 3. The Morgan fingerprint density at radius 2 is 1.42 bits per heavy atom. The SMILES string of the molecule is COc1ccc(CNc2nc(N3CCCC3Cc3nc(N4CCCC4CO)nc(NCc4ccc(OC)c(Cl)c4)c3C(N)=O)ncc2C(=O)NCc2ncccn2)cc1Cl. The van der Waals surface area contributed by atoms with Crippen LogP contribution in [0.15, 0.2) is 61.1 Å². The van der Waals surface area contributed by atoms with Crippen molar-refractivity contribution in [2.24, 2.45) is 5.73 Å². The molecule has 2 aliphatic heterocycles. The van der Waals surface area contributed by atoms with Crippen molar-refractivity contribution >= 4 is 58.5 Å². The minimum atomic E-state index is -0.686. The van der Waals surface area contributed by atoms with Crippen molar-refractivity contribution in [1.29, 1.82) is 0 Å². The Bertz CT molecular complexity index is 2320. The third-order valence-corrected chi connectivity index (χ3v) is 11.1. The molecular weight excluding hydrogens is 811 g/mol. The molecule has 0 bridgehead atoms. The molecule has 3 aromatic heterocycles. The first-order valence-electron chi connectivity index (χ1n) is 19.5. The molecule has 17 nitrogen and oxygen atoms in total. The van der Waals surface area contributed by atoms with Crippen LogP contribution >= 0.6 is 23.2 Å². The second-order valence-corrected chi connectivity index (χ2v) is 15.2. The van der Waals surface area contributed by atoms with Gasteiger partial charge in [0.05, 0.1) is 49.2 Å². The highest BCUT2D eigenvalue weighted by Crippen LogP contribution is 2.33. The minimum absolute atomic E-state index is 0.0625. The van der Waals surface area contributed by atoms with Gasteiger partial charge in [0, 0.05) is 57.2 Å². The van der Waals surface area contributed by atoms with Crippen LogP contribution in [0.4, 0.5) is 23.5 Å². The number of aromatic nitrogens is 6. The Labute approximate surface area is 357 Å². The lowest BCUT2D eigenvalue weighted by molar-refractivity contribution is 0.0948. The van der Waals surface area contributed by atoms with E-state index in [9.17, 15) is 14.7 Å². The molecule has 0 saturated carbocycles. The summed E-state index contributed by atoms with van der Waals surface area (Å²) >= 11 is 12.8. The summed E-state index contributed by atoms with van der Waals surface area (Å²) in [6.45, 7) is 1.88. The average molecular weight is 858 g/mol. The van der Waals surface area contributed by atoms with Gasteiger partial charge in [-0.05, 0) is 67.1 Å². The monoisotopic (exact) mass is 856 g/mol. The highest BCUT2D eigenvalue weighted by molar-refractivity contribution is 6.32. The fraction of sp³-hybridized carbons (Fsp3) is 0.366. The summed E-state index contributed by atoms with van der Waals surface area (Å²) in [5, 5.41) is 20.6. The Morgan fingerprint density at radius 3 is 2.02 bits per heavy atom. The van der Waals surface area contributed by atoms with Crippen molar-refractivity contribution in [3.8, 4) is 11.5 Å². The van der Waals surface area contributed by atoms with Crippen molar-refractivity contribution in [2.45, 2.75) is 63.8 Å². The zero-order valence-corrected chi connectivity index (χ0v) is 34.7. The van der Waals surface area contributed by atoms with Crippen LogP contribution in [-0.2, 0) is 26.1 Å². The maximum Gasteiger partial charge on any atom is 0.256 e. The van der Waals surface area contributed by atoms with E-state index in [1.807, 2.05) is 17.0 Å². The van der Waals surface area contributed by atoms with Gasteiger partial charge in [-0.15, -0.1) is 0 Å². The standard InChI is InChI=1S/C41H46Cl2N12O5/c1-59-32-10-8-24(16-29(32)42)19-47-37-28(39(58)49-22-34-45-12-5-13-46-34)21-50-40(52-37)54-14-3-6-26(54)18-31-35(36(44)57)38(48-20-25-9-11-33(60-2)30(43)17-25)53-41(51-31)55-15-4-7-27(55)23-56/h5,8-13,16-17,21,26-27,56H,3-4,6-7,14-15,18-20,22-23H2,1-2H3,(H2,44,57)(H,49,58)(H,47,50,52)(H,48,51,53). The number of nitrogens with zero attached hydrogens (tertiary/aromatic N) is 8. The van der Waals surface area contributed by atoms with Gasteiger partial charge in [0.2, 0.25) is 11.9 Å². The van der Waals surface area contributed by atoms with E-state index in [2.05, 4.69) is 30.8 Å². The summed E-state index contributed by atoms with van der Waals surface area (Å²) < 4.78 is 10.6. The first-order valence-corrected chi connectivity index (χ1v) is 20.3. The van der Waals surface area contributed by atoms with Crippen molar-refractivity contribution in [1.82, 2.24) is 35.2 Å². The summed E-state index contributed by atoms with van der Waals surface area (Å²) in [6, 6.07) is 12.2. The fourth-order valence-electron chi connectivity index (χ4n) is 7.48. The predicted molar refractivity (Wildman–Crippen MR) is 228 cm³/mol. The molecular formula is C41H46Cl2N12O5.